The minimum absolute atomic E-state index is 0. The maximum atomic E-state index is 12.0. The Morgan fingerprint density at radius 2 is 2.25 bits per heavy atom. The normalized spacial score (nSPS) is 22.9. The molecule has 1 amide bonds. The van der Waals surface area contributed by atoms with E-state index in [9.17, 15) is 4.79 Å². The number of carbonyl (C=O) groups excluding carboxylic acids is 1. The summed E-state index contributed by atoms with van der Waals surface area (Å²) in [4.78, 5) is 12.0. The molecule has 3 N–H and O–H groups in total. The lowest BCUT2D eigenvalue weighted by Gasteiger charge is -2.18. The quantitative estimate of drug-likeness (QED) is 0.893. The topological polar surface area (TPSA) is 55.1 Å². The molecule has 1 aromatic rings. The van der Waals surface area contributed by atoms with Gasteiger partial charge in [-0.3, -0.25) is 4.79 Å². The third-order valence-electron chi connectivity index (χ3n) is 3.89. The Balaban J connectivity index is 0.00000200. The molecular formula is C15H22Cl2N2O. The van der Waals surface area contributed by atoms with Crippen molar-refractivity contribution in [3.63, 3.8) is 0 Å². The van der Waals surface area contributed by atoms with Gasteiger partial charge in [-0.1, -0.05) is 30.2 Å². The van der Waals surface area contributed by atoms with E-state index >= 15 is 0 Å². The zero-order chi connectivity index (χ0) is 13.8. The molecule has 1 saturated carbocycles. The second-order valence-electron chi connectivity index (χ2n) is 5.40. The monoisotopic (exact) mass is 316 g/mol. The number of rotatable bonds is 4. The molecule has 1 unspecified atom stereocenters. The molecule has 5 heteroatoms. The van der Waals surface area contributed by atoms with Gasteiger partial charge in [-0.2, -0.15) is 0 Å². The molecule has 0 radical (unpaired) electrons. The zero-order valence-electron chi connectivity index (χ0n) is 11.6. The lowest BCUT2D eigenvalue weighted by molar-refractivity contribution is -0.122. The molecule has 3 nitrogen and oxygen atoms in total. The first-order chi connectivity index (χ1) is 9.06. The molecule has 0 aliphatic heterocycles. The van der Waals surface area contributed by atoms with Gasteiger partial charge < -0.3 is 11.1 Å². The van der Waals surface area contributed by atoms with Gasteiger partial charge >= 0.3 is 0 Å². The van der Waals surface area contributed by atoms with Crippen LogP contribution in [0.25, 0.3) is 0 Å². The van der Waals surface area contributed by atoms with Crippen molar-refractivity contribution in [3.05, 3.63) is 34.9 Å². The predicted molar refractivity (Wildman–Crippen MR) is 85.2 cm³/mol. The van der Waals surface area contributed by atoms with Gasteiger partial charge in [0.1, 0.15) is 0 Å². The van der Waals surface area contributed by atoms with E-state index < -0.39 is 0 Å². The van der Waals surface area contributed by atoms with Gasteiger partial charge in [0.25, 0.3) is 0 Å². The Bertz CT molecular complexity index is 453. The molecule has 0 bridgehead atoms. The third-order valence-corrected chi connectivity index (χ3v) is 4.13. The Kier molecular flexibility index (Phi) is 6.80. The molecule has 3 atom stereocenters. The highest BCUT2D eigenvalue weighted by molar-refractivity contribution is 6.30. The van der Waals surface area contributed by atoms with Gasteiger partial charge in [-0.25, -0.2) is 0 Å². The van der Waals surface area contributed by atoms with Crippen LogP contribution in [0.2, 0.25) is 5.02 Å². The van der Waals surface area contributed by atoms with Crippen molar-refractivity contribution in [2.45, 2.75) is 44.7 Å². The van der Waals surface area contributed by atoms with Crippen molar-refractivity contribution in [1.82, 2.24) is 5.32 Å². The van der Waals surface area contributed by atoms with E-state index in [1.54, 1.807) is 0 Å². The second kappa shape index (κ2) is 7.87. The molecule has 112 valence electrons. The molecular weight excluding hydrogens is 295 g/mol. The number of halogens is 2. The van der Waals surface area contributed by atoms with Crippen molar-refractivity contribution in [1.29, 1.82) is 0 Å². The summed E-state index contributed by atoms with van der Waals surface area (Å²) in [6.07, 6.45) is 3.79. The van der Waals surface area contributed by atoms with E-state index in [0.29, 0.717) is 17.4 Å². The van der Waals surface area contributed by atoms with E-state index in [1.807, 2.05) is 31.2 Å². The molecule has 0 aromatic heterocycles. The average molecular weight is 317 g/mol. The molecule has 0 spiro atoms. The summed E-state index contributed by atoms with van der Waals surface area (Å²) in [7, 11) is 0. The predicted octanol–water partition coefficient (Wildman–Crippen LogP) is 3.46. The highest BCUT2D eigenvalue weighted by atomic mass is 35.5. The Labute approximate surface area is 131 Å². The van der Waals surface area contributed by atoms with Crippen LogP contribution in [0.4, 0.5) is 0 Å². The van der Waals surface area contributed by atoms with Gasteiger partial charge in [0.05, 0.1) is 6.04 Å². The molecule has 0 heterocycles. The molecule has 20 heavy (non-hydrogen) atoms. The molecule has 1 aliphatic rings. The lowest BCUT2D eigenvalue weighted by atomic mass is 9.99. The van der Waals surface area contributed by atoms with Crippen LogP contribution in [0.3, 0.4) is 0 Å². The first-order valence-corrected chi connectivity index (χ1v) is 7.24. The number of carbonyl (C=O) groups is 1. The number of benzene rings is 1. The van der Waals surface area contributed by atoms with Crippen LogP contribution in [0, 0.1) is 5.92 Å². The van der Waals surface area contributed by atoms with Crippen LogP contribution in [-0.2, 0) is 4.79 Å². The lowest BCUT2D eigenvalue weighted by Crippen LogP contribution is -2.32. The van der Waals surface area contributed by atoms with Crippen LogP contribution in [0.15, 0.2) is 24.3 Å². The van der Waals surface area contributed by atoms with Crippen molar-refractivity contribution < 1.29 is 4.79 Å². The standard InChI is InChI=1S/C15H21ClN2O.ClH/c1-10(11-4-2-6-13(16)8-11)18-15(19)9-12-5-3-7-14(12)17;/h2,4,6,8,10,12,14H,3,5,7,9,17H2,1H3,(H,18,19);1H/t10?,12-,14+;/m0./s1. The number of amides is 1. The van der Waals surface area contributed by atoms with E-state index in [-0.39, 0.29) is 30.4 Å². The average Bonchev–Trinajstić information content (AvgIpc) is 2.75. The fourth-order valence-electron chi connectivity index (χ4n) is 2.72. The van der Waals surface area contributed by atoms with Crippen molar-refractivity contribution >= 4 is 29.9 Å². The number of hydrogen-bond acceptors (Lipinski definition) is 2. The summed E-state index contributed by atoms with van der Waals surface area (Å²) in [5, 5.41) is 3.71. The molecule has 1 fully saturated rings. The fraction of sp³-hybridized carbons (Fsp3) is 0.533. The van der Waals surface area contributed by atoms with Crippen molar-refractivity contribution in [2.75, 3.05) is 0 Å². The minimum Gasteiger partial charge on any atom is -0.350 e. The van der Waals surface area contributed by atoms with Crippen LogP contribution in [-0.4, -0.2) is 11.9 Å². The molecule has 1 aliphatic carbocycles. The second-order valence-corrected chi connectivity index (χ2v) is 5.84. The maximum absolute atomic E-state index is 12.0. The smallest absolute Gasteiger partial charge is 0.220 e. The van der Waals surface area contributed by atoms with E-state index in [1.165, 1.54) is 0 Å². The van der Waals surface area contributed by atoms with Gasteiger partial charge in [0.2, 0.25) is 5.91 Å². The highest BCUT2D eigenvalue weighted by Crippen LogP contribution is 2.27. The van der Waals surface area contributed by atoms with Gasteiger partial charge in [-0.15, -0.1) is 12.4 Å². The summed E-state index contributed by atoms with van der Waals surface area (Å²) in [5.74, 6) is 0.418. The van der Waals surface area contributed by atoms with Crippen LogP contribution in [0.5, 0.6) is 0 Å². The van der Waals surface area contributed by atoms with E-state index in [2.05, 4.69) is 5.32 Å². The SMILES string of the molecule is CC(NC(=O)C[C@@H]1CCC[C@H]1N)c1cccc(Cl)c1.Cl. The molecule has 2 rings (SSSR count). The van der Waals surface area contributed by atoms with Gasteiger partial charge in [-0.05, 0) is 43.4 Å². The minimum atomic E-state index is -0.0242. The van der Waals surface area contributed by atoms with Crippen molar-refractivity contribution in [3.8, 4) is 0 Å². The number of nitrogens with one attached hydrogen (secondary N) is 1. The zero-order valence-corrected chi connectivity index (χ0v) is 13.2. The molecule has 0 saturated heterocycles. The number of nitrogens with two attached hydrogens (primary N) is 1. The summed E-state index contributed by atoms with van der Waals surface area (Å²) < 4.78 is 0. The van der Waals surface area contributed by atoms with Crippen molar-refractivity contribution in [2.24, 2.45) is 11.7 Å². The van der Waals surface area contributed by atoms with Gasteiger partial charge in [0.15, 0.2) is 0 Å². The summed E-state index contributed by atoms with van der Waals surface area (Å²) in [6.45, 7) is 1.97. The van der Waals surface area contributed by atoms with Crippen LogP contribution in [0.1, 0.15) is 44.2 Å². The van der Waals surface area contributed by atoms with E-state index in [4.69, 9.17) is 17.3 Å². The Hall–Kier alpha value is -0.770. The summed E-state index contributed by atoms with van der Waals surface area (Å²) in [5.41, 5.74) is 7.02. The first kappa shape index (κ1) is 17.3. The maximum Gasteiger partial charge on any atom is 0.220 e. The summed E-state index contributed by atoms with van der Waals surface area (Å²) >= 11 is 5.95. The molecule has 1 aromatic carbocycles. The number of hydrogen-bond donors (Lipinski definition) is 2. The van der Waals surface area contributed by atoms with Crippen LogP contribution >= 0.6 is 24.0 Å². The fourth-order valence-corrected chi connectivity index (χ4v) is 2.92. The van der Waals surface area contributed by atoms with E-state index in [0.717, 1.165) is 24.8 Å². The van der Waals surface area contributed by atoms with Crippen LogP contribution < -0.4 is 11.1 Å². The first-order valence-electron chi connectivity index (χ1n) is 6.86. The summed E-state index contributed by atoms with van der Waals surface area (Å²) in [6, 6.07) is 7.74. The largest absolute Gasteiger partial charge is 0.350 e. The Morgan fingerprint density at radius 3 is 2.85 bits per heavy atom. The van der Waals surface area contributed by atoms with Gasteiger partial charge in [0, 0.05) is 17.5 Å². The Morgan fingerprint density at radius 1 is 1.50 bits per heavy atom. The highest BCUT2D eigenvalue weighted by Gasteiger charge is 2.26. The third kappa shape index (κ3) is 4.65.